The fourth-order valence-corrected chi connectivity index (χ4v) is 13.8. The number of aromatic nitrogens is 4. The number of benzene rings is 4. The van der Waals surface area contributed by atoms with Crippen LogP contribution >= 0.6 is 0 Å². The SMILES string of the molecule is C[Si](C)Cc1c[c-]cc(-c2c3nc(c(-c4cc(C[Si](C)C)cc(C(=O)[O-])c4)c4ccc([nH]4)c(-c4cc(C(=O)[O-])cc([Si](C)(C)C)c4)c4nc(c(-c5c[c-]cc([Si](C)(C)C)c5)c5ccc2[nH]5)C=C4)C=C3)c1.[Na+].[Na+].[Na+].[Na+]. The van der Waals surface area contributed by atoms with Gasteiger partial charge < -0.3 is 29.8 Å². The molecule has 0 spiro atoms. The van der Waals surface area contributed by atoms with Crippen LogP contribution in [-0.4, -0.2) is 65.6 Å². The Labute approximate surface area is 529 Å². The summed E-state index contributed by atoms with van der Waals surface area (Å²) in [4.78, 5) is 44.1. The summed E-state index contributed by atoms with van der Waals surface area (Å²) in [5, 5.41) is 27.7. The topological polar surface area (TPSA) is 138 Å². The van der Waals surface area contributed by atoms with E-state index in [0.29, 0.717) is 44.7 Å². The summed E-state index contributed by atoms with van der Waals surface area (Å²) in [5.74, 6) is -2.50. The van der Waals surface area contributed by atoms with E-state index in [9.17, 15) is 19.8 Å². The van der Waals surface area contributed by atoms with Gasteiger partial charge in [0, 0.05) is 58.9 Å². The molecule has 0 atom stereocenters. The molecule has 2 aliphatic rings. The minimum atomic E-state index is -2.08. The quantitative estimate of drug-likeness (QED) is 0.112. The summed E-state index contributed by atoms with van der Waals surface area (Å²) in [5.41, 5.74) is 14.8. The first-order chi connectivity index (χ1) is 33.2. The van der Waals surface area contributed by atoms with Crippen molar-refractivity contribution in [1.29, 1.82) is 0 Å². The van der Waals surface area contributed by atoms with E-state index in [1.165, 1.54) is 10.8 Å². The van der Waals surface area contributed by atoms with Crippen molar-refractivity contribution in [3.05, 3.63) is 154 Å². The Hall–Kier alpha value is -2.71. The molecule has 0 fully saturated rings. The van der Waals surface area contributed by atoms with Crippen LogP contribution in [0.1, 0.15) is 54.6 Å². The van der Waals surface area contributed by atoms with Crippen LogP contribution in [0.2, 0.25) is 65.5 Å². The molecule has 0 amide bonds. The van der Waals surface area contributed by atoms with Gasteiger partial charge in [-0.3, -0.25) is 0 Å². The van der Waals surface area contributed by atoms with Crippen molar-refractivity contribution in [2.75, 3.05) is 0 Å². The van der Waals surface area contributed by atoms with Gasteiger partial charge in [-0.1, -0.05) is 101 Å². The predicted octanol–water partition coefficient (Wildman–Crippen LogP) is -1.57. The molecule has 5 heterocycles. The molecule has 0 saturated heterocycles. The number of aromatic carboxylic acids is 2. The minimum absolute atomic E-state index is 0. The third-order valence-corrected chi connectivity index (χ3v) is 19.1. The van der Waals surface area contributed by atoms with Crippen molar-refractivity contribution in [2.24, 2.45) is 0 Å². The number of hydrogen-bond acceptors (Lipinski definition) is 6. The predicted molar refractivity (Wildman–Crippen MR) is 295 cm³/mol. The average molecular weight is 1080 g/mol. The molecule has 2 N–H and O–H groups in total. The fraction of sp³-hybridized carbons (Fsp3) is 0.207. The zero-order chi connectivity index (χ0) is 49.8. The van der Waals surface area contributed by atoms with E-state index in [-0.39, 0.29) is 129 Å². The van der Waals surface area contributed by atoms with Crippen LogP contribution in [0.15, 0.2) is 97.1 Å². The smallest absolute Gasteiger partial charge is 0.545 e. The Morgan fingerprint density at radius 1 is 0.473 bits per heavy atom. The van der Waals surface area contributed by atoms with E-state index in [4.69, 9.17) is 9.97 Å². The zero-order valence-corrected chi connectivity index (χ0v) is 57.5. The number of nitrogens with one attached hydrogen (secondary N) is 2. The molecule has 352 valence electrons. The number of hydrogen-bond donors (Lipinski definition) is 2. The van der Waals surface area contributed by atoms with Gasteiger partial charge in [-0.2, -0.15) is 59.3 Å². The first-order valence-corrected chi connectivity index (χ1v) is 36.1. The number of aromatic amines is 2. The number of H-pyrrole nitrogens is 2. The van der Waals surface area contributed by atoms with E-state index >= 15 is 0 Å². The molecule has 8 nitrogen and oxygen atoms in total. The van der Waals surface area contributed by atoms with Gasteiger partial charge in [0.1, 0.15) is 0 Å². The Kier molecular flexibility index (Phi) is 21.3. The summed E-state index contributed by atoms with van der Waals surface area (Å²) in [7, 11) is -5.25. The number of carbonyl (C=O) groups excluding carboxylic acids is 2. The largest absolute Gasteiger partial charge is 1.00 e. The molecule has 2 aliphatic heterocycles. The second-order valence-corrected chi connectivity index (χ2v) is 36.9. The van der Waals surface area contributed by atoms with Gasteiger partial charge >= 0.3 is 118 Å². The minimum Gasteiger partial charge on any atom is -0.545 e. The molecule has 7 aromatic rings. The second kappa shape index (κ2) is 25.4. The Morgan fingerprint density at radius 2 is 0.838 bits per heavy atom. The fourth-order valence-electron chi connectivity index (χ4n) is 9.43. The van der Waals surface area contributed by atoms with Gasteiger partial charge in [0.05, 0.1) is 42.8 Å². The van der Waals surface area contributed by atoms with E-state index < -0.39 is 45.7 Å². The number of fused-ring (bicyclic) bond motifs is 8. The summed E-state index contributed by atoms with van der Waals surface area (Å²) >= 11 is 0. The Morgan fingerprint density at radius 3 is 1.27 bits per heavy atom. The number of nitrogens with zero attached hydrogens (tertiary/aromatic N) is 2. The molecule has 3 aromatic heterocycles. The first-order valence-electron chi connectivity index (χ1n) is 23.7. The molecule has 74 heavy (non-hydrogen) atoms. The molecule has 0 saturated carbocycles. The van der Waals surface area contributed by atoms with Crippen LogP contribution in [0.25, 0.3) is 90.9 Å². The van der Waals surface area contributed by atoms with Crippen LogP contribution in [-0.2, 0) is 12.1 Å². The maximum Gasteiger partial charge on any atom is 1.00 e. The van der Waals surface area contributed by atoms with Gasteiger partial charge in [0.15, 0.2) is 0 Å². The molecular formula is C58H56N4Na4O4Si4. The molecule has 4 aromatic carbocycles. The van der Waals surface area contributed by atoms with Gasteiger partial charge in [-0.25, -0.2) is 9.97 Å². The number of rotatable bonds is 12. The van der Waals surface area contributed by atoms with Crippen molar-refractivity contribution < 1.29 is 138 Å². The molecule has 0 aliphatic carbocycles. The second-order valence-electron chi connectivity index (χ2n) is 21.2. The van der Waals surface area contributed by atoms with Crippen LogP contribution < -0.4 is 139 Å². The van der Waals surface area contributed by atoms with Crippen molar-refractivity contribution in [1.82, 2.24) is 19.9 Å². The van der Waals surface area contributed by atoms with Gasteiger partial charge in [-0.15, -0.1) is 11.1 Å². The van der Waals surface area contributed by atoms with Gasteiger partial charge in [0.2, 0.25) is 0 Å². The monoisotopic (exact) mass is 1080 g/mol. The van der Waals surface area contributed by atoms with Gasteiger partial charge in [-0.05, 0) is 106 Å². The summed E-state index contributed by atoms with van der Waals surface area (Å²) in [6, 6.07) is 40.7. The number of carbonyl (C=O) groups is 2. The molecule has 16 heteroatoms. The summed E-state index contributed by atoms with van der Waals surface area (Å²) < 4.78 is 0. The molecule has 2 radical (unpaired) electrons. The van der Waals surface area contributed by atoms with Crippen molar-refractivity contribution >= 4 is 102 Å². The zero-order valence-electron chi connectivity index (χ0n) is 45.5. The maximum atomic E-state index is 12.8. The summed E-state index contributed by atoms with van der Waals surface area (Å²) in [6.45, 7) is 22.6. The molecular weight excluding hydrogens is 1020 g/mol. The van der Waals surface area contributed by atoms with E-state index in [2.05, 4.69) is 136 Å². The third-order valence-electron chi connectivity index (χ3n) is 12.8. The molecule has 0 unspecified atom stereocenters. The standard InChI is InChI=1S/C58H58N4O4Si4.4Na/c1-67(2)33-35-13-11-14-37(25-35)53-45-17-18-47(59-45)54(38-15-12-16-43(30-38)69(5,6)7)48-20-22-51(61-48)56(40-29-42(58(65)66)32-44(31-40)70(8,9)10)52-24-23-50(62-52)55(49-21-19-46(53)60-49)39-26-36(34-68(3)4)27-41(28-39)57(63)64;;;;/h13-32,59,62H,33-34H2,1-10H3,(H,63,64)(H,65,66);;;;/q-2;4*+1/p-2. The Bertz CT molecular complexity index is 3520. The van der Waals surface area contributed by atoms with Gasteiger partial charge in [0.25, 0.3) is 0 Å². The van der Waals surface area contributed by atoms with Crippen LogP contribution in [0.4, 0.5) is 0 Å². The normalized spacial score (nSPS) is 11.9. The molecule has 9 rings (SSSR count). The van der Waals surface area contributed by atoms with E-state index in [1.807, 2.05) is 48.6 Å². The number of carboxylic acid groups (broad SMARTS) is 2. The number of carboxylic acids is 2. The average Bonchev–Trinajstić information content (AvgIpc) is 4.14. The summed E-state index contributed by atoms with van der Waals surface area (Å²) in [6.07, 6.45) is 8.10. The maximum absolute atomic E-state index is 12.8. The van der Waals surface area contributed by atoms with Crippen LogP contribution in [0.3, 0.4) is 0 Å². The van der Waals surface area contributed by atoms with Crippen LogP contribution in [0, 0.1) is 12.1 Å². The van der Waals surface area contributed by atoms with Crippen molar-refractivity contribution in [2.45, 2.75) is 77.6 Å². The van der Waals surface area contributed by atoms with E-state index in [1.54, 1.807) is 24.3 Å². The Balaban J connectivity index is 0.00000253. The van der Waals surface area contributed by atoms with Crippen molar-refractivity contribution in [3.63, 3.8) is 0 Å². The third kappa shape index (κ3) is 13.8. The van der Waals surface area contributed by atoms with Crippen molar-refractivity contribution in [3.8, 4) is 44.5 Å². The first kappa shape index (κ1) is 62.1. The van der Waals surface area contributed by atoms with E-state index in [0.717, 1.165) is 67.5 Å². The van der Waals surface area contributed by atoms with Crippen LogP contribution in [0.5, 0.6) is 0 Å². The molecule has 8 bridgehead atoms.